The summed E-state index contributed by atoms with van der Waals surface area (Å²) in [5, 5.41) is 9.38. The maximum absolute atomic E-state index is 12.2. The Balaban J connectivity index is 1.45. The number of ketones is 1. The number of ether oxygens (including phenoxy) is 2. The van der Waals surface area contributed by atoms with Crippen molar-refractivity contribution >= 4 is 23.4 Å². The van der Waals surface area contributed by atoms with Crippen LogP contribution in [0.3, 0.4) is 0 Å². The number of hydrogen-bond donors (Lipinski definition) is 1. The van der Waals surface area contributed by atoms with Crippen LogP contribution >= 0.6 is 11.6 Å². The third-order valence-corrected chi connectivity index (χ3v) is 6.21. The van der Waals surface area contributed by atoms with E-state index in [2.05, 4.69) is 0 Å². The van der Waals surface area contributed by atoms with Crippen LogP contribution in [-0.4, -0.2) is 36.2 Å². The second-order valence-electron chi connectivity index (χ2n) is 8.08. The highest BCUT2D eigenvalue weighted by molar-refractivity contribution is 6.30. The van der Waals surface area contributed by atoms with Gasteiger partial charge in [0.1, 0.15) is 5.75 Å². The largest absolute Gasteiger partial charge is 0.485 e. The van der Waals surface area contributed by atoms with Gasteiger partial charge in [0.25, 0.3) is 0 Å². The molecule has 0 amide bonds. The van der Waals surface area contributed by atoms with E-state index >= 15 is 0 Å². The van der Waals surface area contributed by atoms with Crippen molar-refractivity contribution in [1.82, 2.24) is 0 Å². The van der Waals surface area contributed by atoms with E-state index in [0.717, 1.165) is 38.7 Å². The minimum absolute atomic E-state index is 0.000190. The minimum atomic E-state index is -0.731. The third kappa shape index (κ3) is 6.86. The topological polar surface area (TPSA) is 72.8 Å². The van der Waals surface area contributed by atoms with Gasteiger partial charge in [0.2, 0.25) is 0 Å². The molecule has 0 radical (unpaired) electrons. The monoisotopic (exact) mass is 420 g/mol. The Labute approximate surface area is 177 Å². The zero-order valence-corrected chi connectivity index (χ0v) is 17.4. The molecule has 1 aliphatic heterocycles. The summed E-state index contributed by atoms with van der Waals surface area (Å²) in [7, 11) is 0. The number of carboxylic acid groups (broad SMARTS) is 1. The molecule has 3 rings (SSSR count). The van der Waals surface area contributed by atoms with Gasteiger partial charge in [0.05, 0.1) is 6.10 Å². The Morgan fingerprint density at radius 2 is 2.10 bits per heavy atom. The summed E-state index contributed by atoms with van der Waals surface area (Å²) in [4.78, 5) is 22.9. The molecule has 6 heteroatoms. The standard InChI is InChI=1S/C23H29ClO5/c24-18-4-2-5-20(13-18)28-15-19(25)10-8-17-9-12-22-21(17)11-7-16(14-29-22)3-1-6-23(26)27/h2,4-5,8,10,13,16-17,21-22H,1,3,6-7,9,11-12,14-15H2,(H,26,27)/b10-8+/t16-,17-,21+,22-/m0/s1. The molecule has 0 bridgehead atoms. The summed E-state index contributed by atoms with van der Waals surface area (Å²) in [6.45, 7) is 0.726. The molecule has 0 unspecified atom stereocenters. The minimum Gasteiger partial charge on any atom is -0.485 e. The van der Waals surface area contributed by atoms with Crippen molar-refractivity contribution in [1.29, 1.82) is 0 Å². The van der Waals surface area contributed by atoms with Gasteiger partial charge >= 0.3 is 5.97 Å². The molecule has 1 saturated carbocycles. The first-order valence-corrected chi connectivity index (χ1v) is 10.8. The van der Waals surface area contributed by atoms with E-state index in [0.29, 0.717) is 34.9 Å². The van der Waals surface area contributed by atoms with Crippen LogP contribution in [0.15, 0.2) is 36.4 Å². The first-order valence-electron chi connectivity index (χ1n) is 10.4. The number of carbonyl (C=O) groups excluding carboxylic acids is 1. The summed E-state index contributed by atoms with van der Waals surface area (Å²) in [5.74, 6) is 1.04. The number of benzene rings is 1. The van der Waals surface area contributed by atoms with Gasteiger partial charge in [0, 0.05) is 18.1 Å². The van der Waals surface area contributed by atoms with E-state index in [1.807, 2.05) is 6.08 Å². The van der Waals surface area contributed by atoms with Gasteiger partial charge < -0.3 is 14.6 Å². The average Bonchev–Trinajstić information content (AvgIpc) is 2.96. The molecular formula is C23H29ClO5. The molecule has 1 aliphatic carbocycles. The van der Waals surface area contributed by atoms with E-state index in [4.69, 9.17) is 26.2 Å². The molecule has 1 N–H and O–H groups in total. The molecule has 2 fully saturated rings. The lowest BCUT2D eigenvalue weighted by Crippen LogP contribution is -2.20. The van der Waals surface area contributed by atoms with Crippen molar-refractivity contribution in [2.24, 2.45) is 17.8 Å². The van der Waals surface area contributed by atoms with Crippen molar-refractivity contribution in [2.45, 2.75) is 51.0 Å². The first kappa shape index (κ1) is 21.8. The zero-order chi connectivity index (χ0) is 20.6. The highest BCUT2D eigenvalue weighted by atomic mass is 35.5. The van der Waals surface area contributed by atoms with Crippen LogP contribution in [-0.2, 0) is 14.3 Å². The number of carbonyl (C=O) groups is 2. The molecule has 1 heterocycles. The van der Waals surface area contributed by atoms with Crippen LogP contribution in [0.2, 0.25) is 5.02 Å². The Kier molecular flexibility index (Phi) is 8.13. The van der Waals surface area contributed by atoms with Crippen LogP contribution in [0.25, 0.3) is 0 Å². The van der Waals surface area contributed by atoms with Crippen LogP contribution in [0.4, 0.5) is 0 Å². The third-order valence-electron chi connectivity index (χ3n) is 5.98. The molecule has 1 saturated heterocycles. The van der Waals surface area contributed by atoms with Crippen LogP contribution in [0.1, 0.15) is 44.9 Å². The van der Waals surface area contributed by atoms with E-state index in [-0.39, 0.29) is 24.9 Å². The number of hydrogen-bond acceptors (Lipinski definition) is 4. The quantitative estimate of drug-likeness (QED) is 0.574. The Morgan fingerprint density at radius 1 is 1.24 bits per heavy atom. The number of fused-ring (bicyclic) bond motifs is 1. The lowest BCUT2D eigenvalue weighted by Gasteiger charge is -2.20. The first-order chi connectivity index (χ1) is 14.0. The maximum atomic E-state index is 12.2. The second kappa shape index (κ2) is 10.8. The summed E-state index contributed by atoms with van der Waals surface area (Å²) in [6.07, 6.45) is 9.98. The lowest BCUT2D eigenvalue weighted by molar-refractivity contribution is -0.137. The molecule has 4 atom stereocenters. The molecule has 158 valence electrons. The maximum Gasteiger partial charge on any atom is 0.303 e. The van der Waals surface area contributed by atoms with Crippen LogP contribution < -0.4 is 4.74 Å². The molecular weight excluding hydrogens is 392 g/mol. The fourth-order valence-electron chi connectivity index (χ4n) is 4.44. The van der Waals surface area contributed by atoms with Gasteiger partial charge in [-0.2, -0.15) is 0 Å². The molecule has 2 aliphatic rings. The van der Waals surface area contributed by atoms with Crippen LogP contribution in [0.5, 0.6) is 5.75 Å². The van der Waals surface area contributed by atoms with Crippen molar-refractivity contribution in [3.8, 4) is 5.75 Å². The molecule has 29 heavy (non-hydrogen) atoms. The normalized spacial score (nSPS) is 26.8. The summed E-state index contributed by atoms with van der Waals surface area (Å²) in [6, 6.07) is 7.02. The number of carboxylic acids is 1. The molecule has 5 nitrogen and oxygen atoms in total. The Morgan fingerprint density at radius 3 is 2.90 bits per heavy atom. The molecule has 1 aromatic carbocycles. The van der Waals surface area contributed by atoms with E-state index in [9.17, 15) is 9.59 Å². The van der Waals surface area contributed by atoms with Gasteiger partial charge in [-0.1, -0.05) is 23.7 Å². The van der Waals surface area contributed by atoms with Gasteiger partial charge in [-0.15, -0.1) is 0 Å². The SMILES string of the molecule is O=C(O)CCC[C@H]1CC[C@H]2[C@H](CC[C@@H]2/C=C/C(=O)COc2cccc(Cl)c2)OC1. The fourth-order valence-corrected chi connectivity index (χ4v) is 4.62. The van der Waals surface area contributed by atoms with Crippen molar-refractivity contribution in [3.63, 3.8) is 0 Å². The number of rotatable bonds is 9. The van der Waals surface area contributed by atoms with Crippen LogP contribution in [0, 0.1) is 17.8 Å². The van der Waals surface area contributed by atoms with E-state index < -0.39 is 5.97 Å². The Bertz CT molecular complexity index is 732. The molecule has 0 spiro atoms. The number of allylic oxidation sites excluding steroid dienone is 1. The van der Waals surface area contributed by atoms with E-state index in [1.165, 1.54) is 0 Å². The average molecular weight is 421 g/mol. The molecule has 1 aromatic rings. The predicted octanol–water partition coefficient (Wildman–Crippen LogP) is 4.92. The van der Waals surface area contributed by atoms with Crippen molar-refractivity contribution < 1.29 is 24.2 Å². The summed E-state index contributed by atoms with van der Waals surface area (Å²) in [5.41, 5.74) is 0. The smallest absolute Gasteiger partial charge is 0.303 e. The van der Waals surface area contributed by atoms with Gasteiger partial charge in [-0.25, -0.2) is 0 Å². The van der Waals surface area contributed by atoms with Crippen molar-refractivity contribution in [2.75, 3.05) is 13.2 Å². The fraction of sp³-hybridized carbons (Fsp3) is 0.565. The molecule has 0 aromatic heterocycles. The Hall–Kier alpha value is -1.85. The van der Waals surface area contributed by atoms with Crippen molar-refractivity contribution in [3.05, 3.63) is 41.4 Å². The van der Waals surface area contributed by atoms with Gasteiger partial charge in [-0.05, 0) is 80.6 Å². The number of aliphatic carboxylic acids is 1. The highest BCUT2D eigenvalue weighted by Gasteiger charge is 2.37. The lowest BCUT2D eigenvalue weighted by atomic mass is 9.87. The highest BCUT2D eigenvalue weighted by Crippen LogP contribution is 2.41. The predicted molar refractivity (Wildman–Crippen MR) is 111 cm³/mol. The van der Waals surface area contributed by atoms with E-state index in [1.54, 1.807) is 30.3 Å². The summed E-state index contributed by atoms with van der Waals surface area (Å²) < 4.78 is 11.7. The summed E-state index contributed by atoms with van der Waals surface area (Å²) >= 11 is 5.92. The number of halogens is 1. The van der Waals surface area contributed by atoms with Gasteiger partial charge in [-0.3, -0.25) is 9.59 Å². The van der Waals surface area contributed by atoms with Gasteiger partial charge in [0.15, 0.2) is 12.4 Å². The zero-order valence-electron chi connectivity index (χ0n) is 16.6. The second-order valence-corrected chi connectivity index (χ2v) is 8.51.